The van der Waals surface area contributed by atoms with Gasteiger partial charge in [-0.25, -0.2) is 0 Å². The number of aromatic nitrogens is 4. The van der Waals surface area contributed by atoms with Crippen LogP contribution < -0.4 is 5.32 Å². The van der Waals surface area contributed by atoms with Crippen LogP contribution in [0.3, 0.4) is 0 Å². The summed E-state index contributed by atoms with van der Waals surface area (Å²) >= 11 is 1.55. The summed E-state index contributed by atoms with van der Waals surface area (Å²) in [6.45, 7) is 0.784. The van der Waals surface area contributed by atoms with Gasteiger partial charge in [-0.15, -0.1) is 10.2 Å². The number of hydrogen-bond acceptors (Lipinski definition) is 5. The lowest BCUT2D eigenvalue weighted by atomic mass is 10.2. The van der Waals surface area contributed by atoms with E-state index in [-0.39, 0.29) is 11.2 Å². The minimum absolute atomic E-state index is 0.0686. The van der Waals surface area contributed by atoms with Crippen LogP contribution in [0.5, 0.6) is 0 Å². The minimum Gasteiger partial charge on any atom is -0.355 e. The maximum atomic E-state index is 12.2. The number of nitrogens with zero attached hydrogens (tertiary/aromatic N) is 4. The molecule has 2 fully saturated rings. The van der Waals surface area contributed by atoms with Crippen LogP contribution >= 0.6 is 11.8 Å². The second-order valence-electron chi connectivity index (χ2n) is 6.04. The van der Waals surface area contributed by atoms with E-state index in [1.165, 1.54) is 0 Å². The maximum absolute atomic E-state index is 12.2. The fourth-order valence-electron chi connectivity index (χ4n) is 2.86. The molecule has 2 aromatic heterocycles. The Morgan fingerprint density at radius 1 is 1.22 bits per heavy atom. The van der Waals surface area contributed by atoms with Gasteiger partial charge < -0.3 is 5.32 Å². The van der Waals surface area contributed by atoms with Gasteiger partial charge in [0.25, 0.3) is 0 Å². The van der Waals surface area contributed by atoms with Crippen molar-refractivity contribution in [3.05, 3.63) is 24.5 Å². The summed E-state index contributed by atoms with van der Waals surface area (Å²) in [5.41, 5.74) is 0.976. The van der Waals surface area contributed by atoms with Crippen molar-refractivity contribution in [1.82, 2.24) is 25.1 Å². The zero-order valence-corrected chi connectivity index (χ0v) is 13.6. The van der Waals surface area contributed by atoms with E-state index in [1.54, 1.807) is 18.0 Å². The van der Waals surface area contributed by atoms with Gasteiger partial charge in [0, 0.05) is 30.5 Å². The first-order valence-corrected chi connectivity index (χ1v) is 9.00. The molecule has 1 N–H and O–H groups in total. The number of carbonyl (C=O) groups is 1. The molecule has 1 saturated heterocycles. The number of carbonyl (C=O) groups excluding carboxylic acids is 1. The summed E-state index contributed by atoms with van der Waals surface area (Å²) in [6, 6.07) is 4.37. The molecule has 4 rings (SSSR count). The van der Waals surface area contributed by atoms with Gasteiger partial charge >= 0.3 is 0 Å². The van der Waals surface area contributed by atoms with Gasteiger partial charge in [-0.2, -0.15) is 0 Å². The molecular weight excluding hydrogens is 310 g/mol. The molecule has 7 heteroatoms. The lowest BCUT2D eigenvalue weighted by Gasteiger charge is -2.13. The second kappa shape index (κ2) is 6.31. The molecule has 0 radical (unpaired) electrons. The number of rotatable bonds is 4. The van der Waals surface area contributed by atoms with Gasteiger partial charge in [-0.3, -0.25) is 14.3 Å². The summed E-state index contributed by atoms with van der Waals surface area (Å²) < 4.78 is 2.19. The third-order valence-corrected chi connectivity index (χ3v) is 5.45. The number of thioether (sulfide) groups is 1. The van der Waals surface area contributed by atoms with Gasteiger partial charge in [0.2, 0.25) is 5.91 Å². The molecule has 6 nitrogen and oxygen atoms in total. The Morgan fingerprint density at radius 2 is 2.13 bits per heavy atom. The van der Waals surface area contributed by atoms with Crippen LogP contribution in [0.4, 0.5) is 0 Å². The van der Waals surface area contributed by atoms with E-state index in [0.717, 1.165) is 55.2 Å². The standard InChI is InChI=1S/C16H19N5OS/c22-15-13(5-1-2-9-18-15)23-16-20-19-14(21(16)12-6-7-12)11-4-3-8-17-10-11/h3-4,8,10,12-13H,1-2,5-7,9H2,(H,18,22)/t13-/m0/s1. The highest BCUT2D eigenvalue weighted by molar-refractivity contribution is 8.00. The van der Waals surface area contributed by atoms with E-state index in [9.17, 15) is 4.79 Å². The average Bonchev–Trinajstić information content (AvgIpc) is 3.36. The smallest absolute Gasteiger partial charge is 0.233 e. The summed E-state index contributed by atoms with van der Waals surface area (Å²) in [6.07, 6.45) is 8.90. The van der Waals surface area contributed by atoms with Crippen LogP contribution in [0.25, 0.3) is 11.4 Å². The monoisotopic (exact) mass is 329 g/mol. The Kier molecular flexibility index (Phi) is 4.03. The molecule has 1 aliphatic heterocycles. The molecule has 3 heterocycles. The molecular formula is C16H19N5OS. The molecule has 1 saturated carbocycles. The van der Waals surface area contributed by atoms with E-state index in [2.05, 4.69) is 25.1 Å². The van der Waals surface area contributed by atoms with Crippen LogP contribution in [0.1, 0.15) is 38.1 Å². The molecule has 0 bridgehead atoms. The highest BCUT2D eigenvalue weighted by Gasteiger charge is 2.32. The Labute approximate surface area is 139 Å². The molecule has 2 aromatic rings. The van der Waals surface area contributed by atoms with Crippen molar-refractivity contribution in [2.75, 3.05) is 6.54 Å². The molecule has 23 heavy (non-hydrogen) atoms. The Hall–Kier alpha value is -1.89. The predicted molar refractivity (Wildman–Crippen MR) is 88.0 cm³/mol. The molecule has 120 valence electrons. The zero-order chi connectivity index (χ0) is 15.6. The van der Waals surface area contributed by atoms with Crippen molar-refractivity contribution in [2.24, 2.45) is 0 Å². The summed E-state index contributed by atoms with van der Waals surface area (Å²) in [5.74, 6) is 0.984. The molecule has 1 aliphatic carbocycles. The average molecular weight is 329 g/mol. The first-order valence-electron chi connectivity index (χ1n) is 8.12. The van der Waals surface area contributed by atoms with Crippen LogP contribution in [0, 0.1) is 0 Å². The van der Waals surface area contributed by atoms with Crippen molar-refractivity contribution in [3.63, 3.8) is 0 Å². The van der Waals surface area contributed by atoms with Crippen LogP contribution in [-0.4, -0.2) is 37.5 Å². The van der Waals surface area contributed by atoms with Gasteiger partial charge in [0.15, 0.2) is 11.0 Å². The van der Waals surface area contributed by atoms with Crippen molar-refractivity contribution in [2.45, 2.75) is 48.6 Å². The highest BCUT2D eigenvalue weighted by Crippen LogP contribution is 2.42. The predicted octanol–water partition coefficient (Wildman–Crippen LogP) is 2.44. The Balaban J connectivity index is 1.64. The fourth-order valence-corrected chi connectivity index (χ4v) is 4.03. The molecule has 1 atom stereocenters. The molecule has 0 spiro atoms. The normalized spacial score (nSPS) is 21.7. The first-order chi connectivity index (χ1) is 11.3. The van der Waals surface area contributed by atoms with Crippen molar-refractivity contribution < 1.29 is 4.79 Å². The zero-order valence-electron chi connectivity index (χ0n) is 12.8. The number of hydrogen-bond donors (Lipinski definition) is 1. The third kappa shape index (κ3) is 3.10. The van der Waals surface area contributed by atoms with Crippen LogP contribution in [-0.2, 0) is 4.79 Å². The maximum Gasteiger partial charge on any atom is 0.233 e. The lowest BCUT2D eigenvalue weighted by molar-refractivity contribution is -0.120. The largest absolute Gasteiger partial charge is 0.355 e. The van der Waals surface area contributed by atoms with Gasteiger partial charge in [-0.1, -0.05) is 18.2 Å². The third-order valence-electron chi connectivity index (χ3n) is 4.23. The Morgan fingerprint density at radius 3 is 2.91 bits per heavy atom. The van der Waals surface area contributed by atoms with E-state index in [4.69, 9.17) is 0 Å². The van der Waals surface area contributed by atoms with Gasteiger partial charge in [0.1, 0.15) is 0 Å². The SMILES string of the molecule is O=C1NCCCC[C@@H]1Sc1nnc(-c2cccnc2)n1C1CC1. The quantitative estimate of drug-likeness (QED) is 0.933. The minimum atomic E-state index is -0.0686. The highest BCUT2D eigenvalue weighted by atomic mass is 32.2. The summed E-state index contributed by atoms with van der Waals surface area (Å²) in [7, 11) is 0. The van der Waals surface area contributed by atoms with E-state index >= 15 is 0 Å². The summed E-state index contributed by atoms with van der Waals surface area (Å²) in [4.78, 5) is 16.4. The molecule has 1 amide bonds. The van der Waals surface area contributed by atoms with Crippen LogP contribution in [0.2, 0.25) is 0 Å². The number of pyridine rings is 1. The fraction of sp³-hybridized carbons (Fsp3) is 0.500. The van der Waals surface area contributed by atoms with E-state index in [1.807, 2.05) is 18.3 Å². The summed E-state index contributed by atoms with van der Waals surface area (Å²) in [5, 5.41) is 12.5. The Bertz CT molecular complexity index is 698. The number of amides is 1. The van der Waals surface area contributed by atoms with Crippen molar-refractivity contribution in [3.8, 4) is 11.4 Å². The lowest BCUT2D eigenvalue weighted by Crippen LogP contribution is -2.30. The number of nitrogens with one attached hydrogen (secondary N) is 1. The molecule has 0 aromatic carbocycles. The topological polar surface area (TPSA) is 72.7 Å². The van der Waals surface area contributed by atoms with Crippen molar-refractivity contribution >= 4 is 17.7 Å². The first kappa shape index (κ1) is 14.7. The van der Waals surface area contributed by atoms with Gasteiger partial charge in [-0.05, 0) is 37.8 Å². The molecule has 0 unspecified atom stereocenters. The van der Waals surface area contributed by atoms with E-state index < -0.39 is 0 Å². The molecule has 2 aliphatic rings. The van der Waals surface area contributed by atoms with E-state index in [0.29, 0.717) is 6.04 Å². The second-order valence-corrected chi connectivity index (χ2v) is 7.21. The van der Waals surface area contributed by atoms with Crippen LogP contribution in [0.15, 0.2) is 29.7 Å². The van der Waals surface area contributed by atoms with Gasteiger partial charge in [0.05, 0.1) is 5.25 Å². The van der Waals surface area contributed by atoms with Crippen molar-refractivity contribution in [1.29, 1.82) is 0 Å².